The van der Waals surface area contributed by atoms with Gasteiger partial charge in [-0.05, 0) is 31.8 Å². The van der Waals surface area contributed by atoms with E-state index in [1.807, 2.05) is 0 Å². The van der Waals surface area contributed by atoms with Crippen LogP contribution in [0.1, 0.15) is 26.7 Å². The maximum absolute atomic E-state index is 10.4. The topological polar surface area (TPSA) is 67.6 Å². The third-order valence-electron chi connectivity index (χ3n) is 2.99. The van der Waals surface area contributed by atoms with Crippen molar-refractivity contribution in [1.29, 1.82) is 0 Å². The average molecular weight is 243 g/mol. The number of nitrogens with zero attached hydrogens (tertiary/aromatic N) is 1. The lowest BCUT2D eigenvalue weighted by Crippen LogP contribution is -2.44. The Morgan fingerprint density at radius 1 is 1.47 bits per heavy atom. The van der Waals surface area contributed by atoms with E-state index in [1.54, 1.807) is 0 Å². The van der Waals surface area contributed by atoms with Crippen LogP contribution in [0.2, 0.25) is 0 Å². The third kappa shape index (κ3) is 6.48. The number of carbonyl (C=O) groups excluding carboxylic acids is 1. The maximum atomic E-state index is 10.4. The Kier molecular flexibility index (Phi) is 6.29. The Labute approximate surface area is 104 Å². The van der Waals surface area contributed by atoms with Crippen LogP contribution in [0.5, 0.6) is 0 Å². The van der Waals surface area contributed by atoms with Gasteiger partial charge >= 0.3 is 6.09 Å². The van der Waals surface area contributed by atoms with Crippen LogP contribution in [0.3, 0.4) is 0 Å². The van der Waals surface area contributed by atoms with E-state index in [9.17, 15) is 4.79 Å². The molecule has 3 N–H and O–H groups in total. The number of piperidine rings is 1. The highest BCUT2D eigenvalue weighted by molar-refractivity contribution is 5.64. The molecule has 5 heteroatoms. The van der Waals surface area contributed by atoms with Crippen molar-refractivity contribution in [2.24, 2.45) is 11.7 Å². The molecule has 0 saturated carbocycles. The molecular weight excluding hydrogens is 218 g/mol. The highest BCUT2D eigenvalue weighted by Crippen LogP contribution is 2.11. The van der Waals surface area contributed by atoms with Gasteiger partial charge in [0.15, 0.2) is 0 Å². The van der Waals surface area contributed by atoms with E-state index >= 15 is 0 Å². The minimum absolute atomic E-state index is 0.363. The highest BCUT2D eigenvalue weighted by Gasteiger charge is 2.18. The largest absolute Gasteiger partial charge is 0.448 e. The van der Waals surface area contributed by atoms with Crippen LogP contribution in [0, 0.1) is 5.92 Å². The van der Waals surface area contributed by atoms with Gasteiger partial charge in [0, 0.05) is 19.1 Å². The maximum Gasteiger partial charge on any atom is 0.404 e. The van der Waals surface area contributed by atoms with Crippen molar-refractivity contribution in [1.82, 2.24) is 10.2 Å². The number of ether oxygens (including phenoxy) is 1. The molecule has 1 amide bonds. The number of primary amides is 1. The Balaban J connectivity index is 2.04. The number of nitrogens with two attached hydrogens (primary N) is 1. The first-order chi connectivity index (χ1) is 8.08. The number of rotatable bonds is 6. The summed E-state index contributed by atoms with van der Waals surface area (Å²) in [5.41, 5.74) is 4.88. The Hall–Kier alpha value is -0.810. The summed E-state index contributed by atoms with van der Waals surface area (Å²) < 4.78 is 4.67. The highest BCUT2D eigenvalue weighted by atomic mass is 16.5. The summed E-state index contributed by atoms with van der Waals surface area (Å²) >= 11 is 0. The van der Waals surface area contributed by atoms with Crippen molar-refractivity contribution in [2.45, 2.75) is 32.7 Å². The van der Waals surface area contributed by atoms with Gasteiger partial charge in [0.05, 0.1) is 0 Å². The summed E-state index contributed by atoms with van der Waals surface area (Å²) in [5, 5.41) is 3.39. The van der Waals surface area contributed by atoms with Crippen LogP contribution in [0.25, 0.3) is 0 Å². The molecule has 5 nitrogen and oxygen atoms in total. The van der Waals surface area contributed by atoms with E-state index in [0.717, 1.165) is 19.0 Å². The summed E-state index contributed by atoms with van der Waals surface area (Å²) in [6.45, 7) is 9.08. The summed E-state index contributed by atoms with van der Waals surface area (Å²) in [6.07, 6.45) is 1.64. The second-order valence-corrected chi connectivity index (χ2v) is 5.09. The van der Waals surface area contributed by atoms with Gasteiger partial charge in [-0.2, -0.15) is 0 Å². The van der Waals surface area contributed by atoms with Crippen molar-refractivity contribution >= 4 is 6.09 Å². The van der Waals surface area contributed by atoms with Crippen LogP contribution < -0.4 is 11.1 Å². The molecule has 1 aliphatic rings. The van der Waals surface area contributed by atoms with Crippen molar-refractivity contribution in [3.05, 3.63) is 0 Å². The molecular formula is C12H25N3O2. The van der Waals surface area contributed by atoms with Crippen molar-refractivity contribution in [2.75, 3.05) is 32.8 Å². The lowest BCUT2D eigenvalue weighted by Gasteiger charge is -2.33. The quantitative estimate of drug-likeness (QED) is 0.677. The molecule has 1 saturated heterocycles. The van der Waals surface area contributed by atoms with Gasteiger partial charge in [-0.15, -0.1) is 0 Å². The Bertz CT molecular complexity index is 226. The second-order valence-electron chi connectivity index (χ2n) is 5.09. The predicted octanol–water partition coefficient (Wildman–Crippen LogP) is 0.792. The minimum atomic E-state index is -0.696. The summed E-state index contributed by atoms with van der Waals surface area (Å²) in [5.74, 6) is 0.739. The molecule has 1 heterocycles. The number of hydrogen-bond acceptors (Lipinski definition) is 4. The number of nitrogens with one attached hydrogen (secondary N) is 1. The average Bonchev–Trinajstić information content (AvgIpc) is 2.25. The fraction of sp³-hybridized carbons (Fsp3) is 0.917. The number of likely N-dealkylation sites (tertiary alicyclic amines) is 1. The monoisotopic (exact) mass is 243 g/mol. The molecule has 0 radical (unpaired) electrons. The van der Waals surface area contributed by atoms with Gasteiger partial charge < -0.3 is 20.7 Å². The van der Waals surface area contributed by atoms with E-state index in [4.69, 9.17) is 5.73 Å². The zero-order valence-corrected chi connectivity index (χ0v) is 10.9. The summed E-state index contributed by atoms with van der Waals surface area (Å²) in [7, 11) is 0. The summed E-state index contributed by atoms with van der Waals surface area (Å²) in [4.78, 5) is 12.9. The van der Waals surface area contributed by atoms with Crippen molar-refractivity contribution in [3.63, 3.8) is 0 Å². The van der Waals surface area contributed by atoms with Crippen molar-refractivity contribution < 1.29 is 9.53 Å². The smallest absolute Gasteiger partial charge is 0.404 e. The molecule has 0 aliphatic carbocycles. The molecule has 0 unspecified atom stereocenters. The van der Waals surface area contributed by atoms with Crippen LogP contribution in [0.15, 0.2) is 0 Å². The van der Waals surface area contributed by atoms with Gasteiger partial charge in [0.2, 0.25) is 0 Å². The summed E-state index contributed by atoms with van der Waals surface area (Å²) in [6, 6.07) is 0.551. The molecule has 1 fully saturated rings. The zero-order valence-electron chi connectivity index (χ0n) is 10.9. The lowest BCUT2D eigenvalue weighted by molar-refractivity contribution is 0.149. The Morgan fingerprint density at radius 3 is 2.65 bits per heavy atom. The number of amides is 1. The van der Waals surface area contributed by atoms with Crippen LogP contribution in [-0.4, -0.2) is 49.8 Å². The second kappa shape index (κ2) is 7.50. The van der Waals surface area contributed by atoms with Gasteiger partial charge in [-0.25, -0.2) is 4.79 Å². The molecule has 0 aromatic heterocycles. The molecule has 1 aliphatic heterocycles. The molecule has 0 aromatic rings. The predicted molar refractivity (Wildman–Crippen MR) is 67.8 cm³/mol. The minimum Gasteiger partial charge on any atom is -0.448 e. The lowest BCUT2D eigenvalue weighted by atomic mass is 10.0. The van der Waals surface area contributed by atoms with Gasteiger partial charge in [-0.1, -0.05) is 13.8 Å². The molecule has 0 atom stereocenters. The van der Waals surface area contributed by atoms with Gasteiger partial charge in [0.25, 0.3) is 0 Å². The molecule has 1 rings (SSSR count). The number of hydrogen-bond donors (Lipinski definition) is 2. The van der Waals surface area contributed by atoms with Crippen LogP contribution in [0.4, 0.5) is 4.79 Å². The van der Waals surface area contributed by atoms with Crippen LogP contribution >= 0.6 is 0 Å². The standard InChI is InChI=1S/C12H25N3O2/c1-10(2)9-15-6-3-11(4-7-15)14-5-8-17-12(13)16/h10-11,14H,3-9H2,1-2H3,(H2,13,16). The van der Waals surface area contributed by atoms with E-state index in [0.29, 0.717) is 19.2 Å². The van der Waals surface area contributed by atoms with E-state index in [2.05, 4.69) is 28.8 Å². The zero-order chi connectivity index (χ0) is 12.7. The van der Waals surface area contributed by atoms with Gasteiger partial charge in [0.1, 0.15) is 6.61 Å². The first-order valence-electron chi connectivity index (χ1n) is 6.46. The Morgan fingerprint density at radius 2 is 2.12 bits per heavy atom. The van der Waals surface area contributed by atoms with E-state index in [-0.39, 0.29) is 0 Å². The molecule has 0 spiro atoms. The molecule has 0 aromatic carbocycles. The van der Waals surface area contributed by atoms with Crippen molar-refractivity contribution in [3.8, 4) is 0 Å². The number of carbonyl (C=O) groups is 1. The molecule has 17 heavy (non-hydrogen) atoms. The first kappa shape index (κ1) is 14.3. The van der Waals surface area contributed by atoms with E-state index in [1.165, 1.54) is 19.4 Å². The molecule has 100 valence electrons. The van der Waals surface area contributed by atoms with E-state index < -0.39 is 6.09 Å². The first-order valence-corrected chi connectivity index (χ1v) is 6.46. The third-order valence-corrected chi connectivity index (χ3v) is 2.99. The van der Waals surface area contributed by atoms with Gasteiger partial charge in [-0.3, -0.25) is 0 Å². The van der Waals surface area contributed by atoms with Crippen LogP contribution in [-0.2, 0) is 4.74 Å². The SMILES string of the molecule is CC(C)CN1CCC(NCCOC(N)=O)CC1. The fourth-order valence-electron chi connectivity index (χ4n) is 2.25. The normalized spacial score (nSPS) is 18.5. The fourth-order valence-corrected chi connectivity index (χ4v) is 2.25. The molecule has 0 bridgehead atoms.